The van der Waals surface area contributed by atoms with Gasteiger partial charge in [-0.15, -0.1) is 0 Å². The monoisotopic (exact) mass is 400 g/mol. The molecule has 0 aromatic carbocycles. The van der Waals surface area contributed by atoms with Crippen LogP contribution in [0, 0.1) is 0 Å². The Hall–Kier alpha value is -2.30. The number of nitrogens with one attached hydrogen (secondary N) is 2. The maximum Gasteiger partial charge on any atom is 0.425 e. The molecule has 0 aliphatic carbocycles. The third-order valence-corrected chi connectivity index (χ3v) is 3.76. The lowest BCUT2D eigenvalue weighted by molar-refractivity contribution is -0.180. The summed E-state index contributed by atoms with van der Waals surface area (Å²) >= 11 is 5.70. The molecule has 1 aromatic heterocycles. The molecule has 1 aliphatic rings. The number of aromatic nitrogens is 1. The van der Waals surface area contributed by atoms with Crippen LogP contribution in [0.3, 0.4) is 0 Å². The van der Waals surface area contributed by atoms with Gasteiger partial charge in [-0.3, -0.25) is 14.8 Å². The van der Waals surface area contributed by atoms with Crippen molar-refractivity contribution in [3.05, 3.63) is 40.9 Å². The predicted octanol–water partition coefficient (Wildman–Crippen LogP) is 2.86. The van der Waals surface area contributed by atoms with E-state index in [0.717, 1.165) is 12.4 Å². The summed E-state index contributed by atoms with van der Waals surface area (Å²) in [6, 6.07) is 0.656. The molecule has 1 aliphatic heterocycles. The lowest BCUT2D eigenvalue weighted by atomic mass is 9.98. The molecule has 1 aromatic rings. The van der Waals surface area contributed by atoms with E-state index in [1.54, 1.807) is 0 Å². The molecule has 142 valence electrons. The lowest BCUT2D eigenvalue weighted by Crippen LogP contribution is -2.66. The number of hydrogen-bond acceptors (Lipinski definition) is 4. The summed E-state index contributed by atoms with van der Waals surface area (Å²) in [5, 5.41) is 3.67. The molecule has 2 N–H and O–H groups in total. The van der Waals surface area contributed by atoms with E-state index in [2.05, 4.69) is 15.3 Å². The number of amides is 1. The van der Waals surface area contributed by atoms with E-state index >= 15 is 0 Å². The van der Waals surface area contributed by atoms with Crippen LogP contribution in [-0.4, -0.2) is 35.4 Å². The van der Waals surface area contributed by atoms with E-state index in [9.17, 15) is 31.1 Å². The van der Waals surface area contributed by atoms with E-state index in [4.69, 9.17) is 11.6 Å². The molecule has 0 bridgehead atoms. The Balaban J connectivity index is 2.04. The van der Waals surface area contributed by atoms with Gasteiger partial charge in [-0.05, 0) is 6.07 Å². The summed E-state index contributed by atoms with van der Waals surface area (Å²) in [6.45, 7) is -0.325. The summed E-state index contributed by atoms with van der Waals surface area (Å²) in [6.07, 6.45) is -6.85. The number of carbonyl (C=O) groups is 1. The Bertz CT molecular complexity index is 746. The largest absolute Gasteiger partial charge is 0.425 e. The molecule has 0 saturated carbocycles. The van der Waals surface area contributed by atoms with Crippen molar-refractivity contribution in [2.45, 2.75) is 24.3 Å². The highest BCUT2D eigenvalue weighted by molar-refractivity contribution is 6.31. The maximum absolute atomic E-state index is 13.2. The molecule has 1 atom stereocenters. The van der Waals surface area contributed by atoms with Gasteiger partial charge in [0.05, 0.1) is 16.3 Å². The molecule has 26 heavy (non-hydrogen) atoms. The van der Waals surface area contributed by atoms with E-state index in [1.807, 2.05) is 5.32 Å². The summed E-state index contributed by atoms with van der Waals surface area (Å²) in [4.78, 5) is 18.9. The standard InChI is InChI=1S/C14H11ClF6N4O/c15-9-5-8(13(16,17)18)6-24-10(9)1-2-23-11(26)12(14(19,20)21)7-22-3-4-25-12/h3-7,25H,1-2H2,(H,23,26). The van der Waals surface area contributed by atoms with Crippen LogP contribution < -0.4 is 10.6 Å². The zero-order valence-corrected chi connectivity index (χ0v) is 13.5. The number of pyridine rings is 1. The van der Waals surface area contributed by atoms with Crippen LogP contribution in [0.5, 0.6) is 0 Å². The Morgan fingerprint density at radius 2 is 1.96 bits per heavy atom. The van der Waals surface area contributed by atoms with Gasteiger partial charge in [0.2, 0.25) is 5.54 Å². The fourth-order valence-electron chi connectivity index (χ4n) is 2.05. The highest BCUT2D eigenvalue weighted by Gasteiger charge is 2.59. The lowest BCUT2D eigenvalue weighted by Gasteiger charge is -2.32. The summed E-state index contributed by atoms with van der Waals surface area (Å²) < 4.78 is 77.3. The van der Waals surface area contributed by atoms with Crippen LogP contribution in [-0.2, 0) is 17.4 Å². The van der Waals surface area contributed by atoms with E-state index in [0.29, 0.717) is 18.5 Å². The molecule has 2 heterocycles. The molecule has 1 unspecified atom stereocenters. The fourth-order valence-corrected chi connectivity index (χ4v) is 2.31. The number of alkyl halides is 6. The van der Waals surface area contributed by atoms with E-state index in [-0.39, 0.29) is 23.7 Å². The van der Waals surface area contributed by atoms with Crippen molar-refractivity contribution in [2.75, 3.05) is 6.54 Å². The Morgan fingerprint density at radius 3 is 2.46 bits per heavy atom. The summed E-state index contributed by atoms with van der Waals surface area (Å²) in [7, 11) is 0. The average molecular weight is 401 g/mol. The molecular formula is C14H11ClF6N4O. The van der Waals surface area contributed by atoms with Crippen LogP contribution in [0.1, 0.15) is 11.3 Å². The number of nitrogens with zero attached hydrogens (tertiary/aromatic N) is 2. The van der Waals surface area contributed by atoms with Gasteiger partial charge in [0.1, 0.15) is 0 Å². The average Bonchev–Trinajstić information content (AvgIpc) is 2.54. The van der Waals surface area contributed by atoms with Crippen LogP contribution >= 0.6 is 11.6 Å². The first kappa shape index (κ1) is 20.0. The molecule has 0 fully saturated rings. The minimum Gasteiger partial charge on any atom is -0.364 e. The Kier molecular flexibility index (Phi) is 5.49. The van der Waals surface area contributed by atoms with Crippen molar-refractivity contribution in [1.82, 2.24) is 15.6 Å². The van der Waals surface area contributed by atoms with E-state index < -0.39 is 29.4 Å². The van der Waals surface area contributed by atoms with Crippen LogP contribution in [0.15, 0.2) is 29.7 Å². The highest BCUT2D eigenvalue weighted by Crippen LogP contribution is 2.32. The van der Waals surface area contributed by atoms with Crippen molar-refractivity contribution < 1.29 is 31.1 Å². The van der Waals surface area contributed by atoms with Gasteiger partial charge in [-0.25, -0.2) is 0 Å². The Labute approximate surface area is 148 Å². The van der Waals surface area contributed by atoms with Crippen molar-refractivity contribution in [1.29, 1.82) is 0 Å². The Morgan fingerprint density at radius 1 is 1.27 bits per heavy atom. The van der Waals surface area contributed by atoms with Gasteiger partial charge in [-0.1, -0.05) is 11.6 Å². The molecular weight excluding hydrogens is 390 g/mol. The number of hydrogen-bond donors (Lipinski definition) is 2. The van der Waals surface area contributed by atoms with Gasteiger partial charge in [0.15, 0.2) is 0 Å². The van der Waals surface area contributed by atoms with Gasteiger partial charge in [0, 0.05) is 37.8 Å². The van der Waals surface area contributed by atoms with Crippen LogP contribution in [0.4, 0.5) is 26.3 Å². The van der Waals surface area contributed by atoms with E-state index in [1.165, 1.54) is 0 Å². The number of carbonyl (C=O) groups excluding carboxylic acids is 1. The molecule has 0 saturated heterocycles. The first-order chi connectivity index (χ1) is 12.0. The van der Waals surface area contributed by atoms with Gasteiger partial charge < -0.3 is 10.6 Å². The highest BCUT2D eigenvalue weighted by atomic mass is 35.5. The number of aliphatic imine (C=N–C) groups is 1. The van der Waals surface area contributed by atoms with Crippen LogP contribution in [0.2, 0.25) is 5.02 Å². The van der Waals surface area contributed by atoms with Crippen molar-refractivity contribution in [3.63, 3.8) is 0 Å². The third kappa shape index (κ3) is 4.09. The second-order valence-electron chi connectivity index (χ2n) is 5.20. The quantitative estimate of drug-likeness (QED) is 0.764. The molecule has 5 nitrogen and oxygen atoms in total. The summed E-state index contributed by atoms with van der Waals surface area (Å²) in [5.41, 5.74) is -4.08. The van der Waals surface area contributed by atoms with Gasteiger partial charge in [0.25, 0.3) is 5.91 Å². The van der Waals surface area contributed by atoms with Gasteiger partial charge >= 0.3 is 12.4 Å². The first-order valence-corrected chi connectivity index (χ1v) is 7.39. The van der Waals surface area contributed by atoms with Crippen LogP contribution in [0.25, 0.3) is 0 Å². The minimum absolute atomic E-state index is 0.00573. The fraction of sp³-hybridized carbons (Fsp3) is 0.357. The topological polar surface area (TPSA) is 66.4 Å². The van der Waals surface area contributed by atoms with Crippen molar-refractivity contribution >= 4 is 23.7 Å². The third-order valence-electron chi connectivity index (χ3n) is 3.44. The SMILES string of the molecule is O=C(NCCc1ncc(C(F)(F)F)cc1Cl)C1(C(F)(F)F)C=NC=CN1. The molecule has 12 heteroatoms. The predicted molar refractivity (Wildman–Crippen MR) is 80.5 cm³/mol. The maximum atomic E-state index is 13.2. The zero-order valence-electron chi connectivity index (χ0n) is 12.7. The number of rotatable bonds is 4. The smallest absolute Gasteiger partial charge is 0.364 e. The summed E-state index contributed by atoms with van der Waals surface area (Å²) in [5.74, 6) is -1.42. The number of halogens is 7. The molecule has 0 spiro atoms. The molecule has 0 radical (unpaired) electrons. The molecule has 1 amide bonds. The minimum atomic E-state index is -4.96. The first-order valence-electron chi connectivity index (χ1n) is 7.01. The van der Waals surface area contributed by atoms with Gasteiger partial charge in [-0.2, -0.15) is 26.3 Å². The van der Waals surface area contributed by atoms with Crippen molar-refractivity contribution in [3.8, 4) is 0 Å². The van der Waals surface area contributed by atoms with Crippen molar-refractivity contribution in [2.24, 2.45) is 4.99 Å². The molecule has 2 rings (SSSR count). The second-order valence-corrected chi connectivity index (χ2v) is 5.61. The normalized spacial score (nSPS) is 20.0. The second kappa shape index (κ2) is 7.14. The zero-order chi connectivity index (χ0) is 19.6.